The van der Waals surface area contributed by atoms with Gasteiger partial charge in [-0.05, 0) is 30.0 Å². The Balaban J connectivity index is 1.28. The highest BCUT2D eigenvalue weighted by molar-refractivity contribution is 5.86. The van der Waals surface area contributed by atoms with E-state index in [1.54, 1.807) is 12.3 Å². The van der Waals surface area contributed by atoms with Crippen LogP contribution in [0.5, 0.6) is 0 Å². The molecule has 0 radical (unpaired) electrons. The number of ether oxygens (including phenoxy) is 2. The van der Waals surface area contributed by atoms with Gasteiger partial charge in [0.1, 0.15) is 5.69 Å². The third-order valence-corrected chi connectivity index (χ3v) is 6.88. The fraction of sp³-hybridized carbons (Fsp3) is 0.542. The Hall–Kier alpha value is -2.55. The molecule has 170 valence electrons. The molecule has 0 spiro atoms. The van der Waals surface area contributed by atoms with Crippen LogP contribution in [0.4, 0.5) is 0 Å². The van der Waals surface area contributed by atoms with Crippen molar-refractivity contribution >= 4 is 5.97 Å². The van der Waals surface area contributed by atoms with Crippen LogP contribution in [0.2, 0.25) is 0 Å². The van der Waals surface area contributed by atoms with E-state index in [0.29, 0.717) is 24.1 Å². The van der Waals surface area contributed by atoms with Gasteiger partial charge in [-0.15, -0.1) is 0 Å². The summed E-state index contributed by atoms with van der Waals surface area (Å²) in [6.07, 6.45) is 2.89. The minimum Gasteiger partial charge on any atom is -0.464 e. The van der Waals surface area contributed by atoms with Crippen LogP contribution in [0.1, 0.15) is 39.6 Å². The summed E-state index contributed by atoms with van der Waals surface area (Å²) >= 11 is 0. The second-order valence-electron chi connectivity index (χ2n) is 9.12. The molecule has 0 aliphatic carbocycles. The number of hydrogen-bond acceptors (Lipinski definition) is 7. The zero-order valence-electron chi connectivity index (χ0n) is 18.5. The molecule has 2 atom stereocenters. The largest absolute Gasteiger partial charge is 0.464 e. The van der Waals surface area contributed by atoms with Gasteiger partial charge in [0.2, 0.25) is 0 Å². The Morgan fingerprint density at radius 2 is 1.94 bits per heavy atom. The summed E-state index contributed by atoms with van der Waals surface area (Å²) in [5.74, 6) is 0.425. The predicted octanol–water partition coefficient (Wildman–Crippen LogP) is 1.48. The Kier molecular flexibility index (Phi) is 6.08. The molecule has 3 aliphatic rings. The first-order valence-electron chi connectivity index (χ1n) is 11.4. The molecule has 0 amide bonds. The maximum Gasteiger partial charge on any atom is 0.356 e. The van der Waals surface area contributed by atoms with E-state index < -0.39 is 5.97 Å². The summed E-state index contributed by atoms with van der Waals surface area (Å²) in [7, 11) is 1.36. The van der Waals surface area contributed by atoms with Crippen molar-refractivity contribution in [1.82, 2.24) is 19.4 Å². The number of piperidine rings is 1. The molecule has 0 unspecified atom stereocenters. The highest BCUT2D eigenvalue weighted by Gasteiger charge is 2.35. The molecule has 0 aromatic carbocycles. The van der Waals surface area contributed by atoms with Gasteiger partial charge in [0.15, 0.2) is 0 Å². The topological polar surface area (TPSA) is 76.9 Å². The average molecular weight is 439 g/mol. The second-order valence-corrected chi connectivity index (χ2v) is 9.12. The molecule has 32 heavy (non-hydrogen) atoms. The molecule has 3 aliphatic heterocycles. The number of morpholine rings is 1. The van der Waals surface area contributed by atoms with Crippen LogP contribution < -0.4 is 5.56 Å². The van der Waals surface area contributed by atoms with Crippen LogP contribution in [0.3, 0.4) is 0 Å². The molecule has 2 bridgehead atoms. The van der Waals surface area contributed by atoms with Crippen LogP contribution in [0, 0.1) is 5.92 Å². The first kappa shape index (κ1) is 21.3. The molecule has 0 N–H and O–H groups in total. The number of pyridine rings is 2. The van der Waals surface area contributed by atoms with Crippen molar-refractivity contribution in [3.63, 3.8) is 0 Å². The number of methoxy groups -OCH3 is 1. The van der Waals surface area contributed by atoms with E-state index in [0.717, 1.165) is 70.0 Å². The SMILES string of the molecule is COC(=O)c1ccc(CN2C[C@@H]3C[C@H](C2)c2ccc(CN4CCOCC4)c(=O)n2C3)cn1. The van der Waals surface area contributed by atoms with Crippen LogP contribution in [0.25, 0.3) is 0 Å². The van der Waals surface area contributed by atoms with Crippen LogP contribution >= 0.6 is 0 Å². The number of esters is 1. The van der Waals surface area contributed by atoms with E-state index in [1.807, 2.05) is 16.7 Å². The number of carbonyl (C=O) groups excluding carboxylic acids is 1. The molecular formula is C24H30N4O4. The summed E-state index contributed by atoms with van der Waals surface area (Å²) in [5.41, 5.74) is 3.65. The van der Waals surface area contributed by atoms with E-state index in [1.165, 1.54) is 12.8 Å². The molecule has 0 saturated carbocycles. The number of hydrogen-bond donors (Lipinski definition) is 0. The Bertz CT molecular complexity index is 1030. The highest BCUT2D eigenvalue weighted by atomic mass is 16.5. The molecule has 2 aromatic rings. The van der Waals surface area contributed by atoms with Crippen molar-refractivity contribution in [1.29, 1.82) is 0 Å². The van der Waals surface area contributed by atoms with E-state index >= 15 is 0 Å². The Labute approximate surface area is 187 Å². The third kappa shape index (κ3) is 4.35. The van der Waals surface area contributed by atoms with Crippen molar-refractivity contribution in [3.05, 3.63) is 63.3 Å². The van der Waals surface area contributed by atoms with Gasteiger partial charge in [-0.1, -0.05) is 12.1 Å². The molecule has 2 fully saturated rings. The van der Waals surface area contributed by atoms with Gasteiger partial charge in [-0.3, -0.25) is 14.6 Å². The van der Waals surface area contributed by atoms with Crippen LogP contribution in [-0.2, 0) is 29.1 Å². The van der Waals surface area contributed by atoms with Crippen LogP contribution in [0.15, 0.2) is 35.3 Å². The monoisotopic (exact) mass is 438 g/mol. The lowest BCUT2D eigenvalue weighted by Gasteiger charge is -2.43. The summed E-state index contributed by atoms with van der Waals surface area (Å²) in [4.78, 5) is 33.8. The smallest absolute Gasteiger partial charge is 0.356 e. The number of likely N-dealkylation sites (tertiary alicyclic amines) is 1. The lowest BCUT2D eigenvalue weighted by atomic mass is 9.83. The quantitative estimate of drug-likeness (QED) is 0.655. The summed E-state index contributed by atoms with van der Waals surface area (Å²) in [5, 5.41) is 0. The van der Waals surface area contributed by atoms with E-state index in [2.05, 4.69) is 20.9 Å². The van der Waals surface area contributed by atoms with Crippen molar-refractivity contribution in [2.24, 2.45) is 5.92 Å². The number of carbonyl (C=O) groups is 1. The summed E-state index contributed by atoms with van der Waals surface area (Å²) in [6, 6.07) is 7.88. The maximum atomic E-state index is 13.2. The van der Waals surface area contributed by atoms with E-state index in [9.17, 15) is 9.59 Å². The maximum absolute atomic E-state index is 13.2. The zero-order valence-corrected chi connectivity index (χ0v) is 18.5. The highest BCUT2D eigenvalue weighted by Crippen LogP contribution is 2.35. The van der Waals surface area contributed by atoms with Gasteiger partial charge >= 0.3 is 5.97 Å². The first-order valence-corrected chi connectivity index (χ1v) is 11.4. The lowest BCUT2D eigenvalue weighted by molar-refractivity contribution is 0.0338. The fourth-order valence-electron chi connectivity index (χ4n) is 5.34. The van der Waals surface area contributed by atoms with Crippen molar-refractivity contribution < 1.29 is 14.3 Å². The van der Waals surface area contributed by atoms with Crippen LogP contribution in [-0.4, -0.2) is 71.8 Å². The van der Waals surface area contributed by atoms with Gasteiger partial charge in [-0.25, -0.2) is 9.78 Å². The second kappa shape index (κ2) is 9.13. The molecular weight excluding hydrogens is 408 g/mol. The van der Waals surface area contributed by atoms with Crippen molar-refractivity contribution in [2.45, 2.75) is 32.0 Å². The van der Waals surface area contributed by atoms with Gasteiger partial charge in [0.25, 0.3) is 5.56 Å². The normalized spacial score (nSPS) is 23.5. The van der Waals surface area contributed by atoms with E-state index in [4.69, 9.17) is 9.47 Å². The lowest BCUT2D eigenvalue weighted by Crippen LogP contribution is -2.47. The van der Waals surface area contributed by atoms with Gasteiger partial charge in [0, 0.05) is 69.2 Å². The van der Waals surface area contributed by atoms with Crippen molar-refractivity contribution in [3.8, 4) is 0 Å². The first-order chi connectivity index (χ1) is 15.6. The van der Waals surface area contributed by atoms with Gasteiger partial charge in [0.05, 0.1) is 20.3 Å². The summed E-state index contributed by atoms with van der Waals surface area (Å²) in [6.45, 7) is 7.44. The minimum absolute atomic E-state index is 0.180. The van der Waals surface area contributed by atoms with Crippen molar-refractivity contribution in [2.75, 3.05) is 46.5 Å². The zero-order chi connectivity index (χ0) is 22.1. The Morgan fingerprint density at radius 1 is 1.09 bits per heavy atom. The number of fused-ring (bicyclic) bond motifs is 4. The van der Waals surface area contributed by atoms with Gasteiger partial charge < -0.3 is 14.0 Å². The number of rotatable bonds is 5. The van der Waals surface area contributed by atoms with Gasteiger partial charge in [-0.2, -0.15) is 0 Å². The molecule has 5 rings (SSSR count). The standard InChI is InChI=1S/C24H30N4O4/c1-31-24(30)21-4-2-17(11-25-21)12-27-13-18-10-20(16-27)22-5-3-19(23(29)28(22)14-18)15-26-6-8-32-9-7-26/h2-5,11,18,20H,6-10,12-16H2,1H3/t18-,20+/m0/s1. The molecule has 5 heterocycles. The molecule has 2 saturated heterocycles. The fourth-order valence-corrected chi connectivity index (χ4v) is 5.34. The minimum atomic E-state index is -0.418. The molecule has 8 heteroatoms. The average Bonchev–Trinajstić information content (AvgIpc) is 2.82. The summed E-state index contributed by atoms with van der Waals surface area (Å²) < 4.78 is 12.2. The predicted molar refractivity (Wildman–Crippen MR) is 118 cm³/mol. The third-order valence-electron chi connectivity index (χ3n) is 6.88. The molecule has 8 nitrogen and oxygen atoms in total. The molecule has 2 aromatic heterocycles. The number of aromatic nitrogens is 2. The Morgan fingerprint density at radius 3 is 2.69 bits per heavy atom. The van der Waals surface area contributed by atoms with E-state index in [-0.39, 0.29) is 5.56 Å². The number of nitrogens with zero attached hydrogens (tertiary/aromatic N) is 4.